The molecule has 0 amide bonds. The predicted octanol–water partition coefficient (Wildman–Crippen LogP) is 7.73. The molecule has 13 heteroatoms. The van der Waals surface area contributed by atoms with Gasteiger partial charge in [-0.3, -0.25) is 14.9 Å². The molecule has 2 unspecified atom stereocenters. The fraction of sp³-hybridized carbons (Fsp3) is 0.268. The van der Waals surface area contributed by atoms with Gasteiger partial charge in [-0.15, -0.1) is 12.4 Å². The highest BCUT2D eigenvalue weighted by Crippen LogP contribution is 2.31. The highest BCUT2D eigenvalue weighted by molar-refractivity contribution is 5.85. The molecule has 2 atom stereocenters. The summed E-state index contributed by atoms with van der Waals surface area (Å²) >= 11 is 0. The van der Waals surface area contributed by atoms with Crippen LogP contribution in [0.25, 0.3) is 23.0 Å². The van der Waals surface area contributed by atoms with Crippen LogP contribution >= 0.6 is 12.4 Å². The van der Waals surface area contributed by atoms with Gasteiger partial charge in [-0.25, -0.2) is 8.78 Å². The molecule has 2 aliphatic rings. The average molecular weight is 747 g/mol. The van der Waals surface area contributed by atoms with E-state index in [-0.39, 0.29) is 36.1 Å². The van der Waals surface area contributed by atoms with Gasteiger partial charge in [0.1, 0.15) is 23.0 Å². The molecule has 1 N–H and O–H groups in total. The first-order valence-electron chi connectivity index (χ1n) is 17.6. The molecule has 274 valence electrons. The lowest BCUT2D eigenvalue weighted by atomic mass is 10.2. The largest absolute Gasteiger partial charge is 0.337 e. The van der Waals surface area contributed by atoms with E-state index in [1.807, 2.05) is 18.2 Å². The molecule has 0 radical (unpaired) electrons. The number of benzene rings is 2. The molecule has 6 aromatic rings. The maximum Gasteiger partial charge on any atom is 0.244 e. The van der Waals surface area contributed by atoms with Crippen LogP contribution in [0.4, 0.5) is 8.78 Å². The zero-order chi connectivity index (χ0) is 36.4. The maximum absolute atomic E-state index is 13.2. The van der Waals surface area contributed by atoms with Crippen LogP contribution in [0.15, 0.2) is 94.2 Å². The van der Waals surface area contributed by atoms with Crippen molar-refractivity contribution in [1.82, 2.24) is 40.5 Å². The topological polar surface area (TPSA) is 119 Å². The van der Waals surface area contributed by atoms with Crippen LogP contribution in [-0.4, -0.2) is 54.8 Å². The third-order valence-electron chi connectivity index (χ3n) is 8.74. The Kier molecular flexibility index (Phi) is 12.9. The predicted molar refractivity (Wildman–Crippen MR) is 201 cm³/mol. The number of likely N-dealkylation sites (tertiary alicyclic amines) is 1. The lowest BCUT2D eigenvalue weighted by molar-refractivity contribution is 0.208. The van der Waals surface area contributed by atoms with Gasteiger partial charge in [0.05, 0.1) is 12.1 Å². The Hall–Kier alpha value is -5.79. The molecule has 0 saturated carbocycles. The Bertz CT molecular complexity index is 2270. The normalized spacial score (nSPS) is 16.3. The molecule has 0 bridgehead atoms. The Labute approximate surface area is 318 Å². The second-order valence-corrected chi connectivity index (χ2v) is 12.6. The van der Waals surface area contributed by atoms with Crippen LogP contribution in [0, 0.1) is 35.3 Å². The monoisotopic (exact) mass is 746 g/mol. The summed E-state index contributed by atoms with van der Waals surface area (Å²) in [5.41, 5.74) is 3.99. The van der Waals surface area contributed by atoms with Crippen molar-refractivity contribution in [1.29, 1.82) is 0 Å². The van der Waals surface area contributed by atoms with E-state index in [1.165, 1.54) is 24.3 Å². The van der Waals surface area contributed by atoms with Crippen molar-refractivity contribution in [2.24, 2.45) is 0 Å². The first kappa shape index (κ1) is 38.0. The van der Waals surface area contributed by atoms with Gasteiger partial charge in [0.2, 0.25) is 23.4 Å². The number of pyridine rings is 2. The van der Waals surface area contributed by atoms with Crippen LogP contribution in [0.2, 0.25) is 0 Å². The zero-order valence-corrected chi connectivity index (χ0v) is 30.3. The maximum atomic E-state index is 13.2. The Morgan fingerprint density at radius 3 is 1.81 bits per heavy atom. The van der Waals surface area contributed by atoms with Crippen LogP contribution in [0.5, 0.6) is 0 Å². The third-order valence-corrected chi connectivity index (χ3v) is 8.74. The first-order chi connectivity index (χ1) is 26.0. The van der Waals surface area contributed by atoms with Crippen molar-refractivity contribution in [2.45, 2.75) is 51.1 Å². The Morgan fingerprint density at radius 1 is 0.722 bits per heavy atom. The molecular formula is C41H37ClF2N8O2. The average Bonchev–Trinajstić information content (AvgIpc) is 4.02. The van der Waals surface area contributed by atoms with Crippen molar-refractivity contribution in [3.8, 4) is 46.7 Å². The Morgan fingerprint density at radius 2 is 1.30 bits per heavy atom. The minimum absolute atomic E-state index is 0. The molecule has 6 heterocycles. The van der Waals surface area contributed by atoms with E-state index in [0.29, 0.717) is 45.9 Å². The minimum Gasteiger partial charge on any atom is -0.337 e. The summed E-state index contributed by atoms with van der Waals surface area (Å²) in [5, 5.41) is 11.4. The molecule has 0 aliphatic carbocycles. The van der Waals surface area contributed by atoms with Crippen molar-refractivity contribution in [3.63, 3.8) is 0 Å². The summed E-state index contributed by atoms with van der Waals surface area (Å²) in [6, 6.07) is 20.0. The molecule has 54 heavy (non-hydrogen) atoms. The molecule has 10 nitrogen and oxygen atoms in total. The van der Waals surface area contributed by atoms with E-state index in [2.05, 4.69) is 71.1 Å². The van der Waals surface area contributed by atoms with Gasteiger partial charge in [0.15, 0.2) is 0 Å². The lowest BCUT2D eigenvalue weighted by Crippen LogP contribution is -2.24. The van der Waals surface area contributed by atoms with E-state index in [0.717, 1.165) is 62.9 Å². The summed E-state index contributed by atoms with van der Waals surface area (Å²) in [6.45, 7) is 5.27. The minimum atomic E-state index is -0.301. The highest BCUT2D eigenvalue weighted by atomic mass is 35.5. The molecule has 2 saturated heterocycles. The van der Waals surface area contributed by atoms with Gasteiger partial charge in [0.25, 0.3) is 0 Å². The van der Waals surface area contributed by atoms with Gasteiger partial charge in [-0.2, -0.15) is 9.97 Å². The van der Waals surface area contributed by atoms with Gasteiger partial charge >= 0.3 is 0 Å². The SMILES string of the molecule is CCCN1CCCC1c1nc(-c2ccc(C#Cc3cccc(F)c3)cn2)no1.Cl.Fc1cccc(C#Cc2ccc(-c3noc(C4CCCN4)n3)nc2)c1. The summed E-state index contributed by atoms with van der Waals surface area (Å²) in [7, 11) is 0. The van der Waals surface area contributed by atoms with E-state index in [1.54, 1.807) is 42.7 Å². The van der Waals surface area contributed by atoms with Gasteiger partial charge in [0, 0.05) is 34.6 Å². The smallest absolute Gasteiger partial charge is 0.244 e. The number of halogens is 3. The molecule has 0 spiro atoms. The summed E-state index contributed by atoms with van der Waals surface area (Å²) < 4.78 is 37.2. The van der Waals surface area contributed by atoms with E-state index < -0.39 is 0 Å². The van der Waals surface area contributed by atoms with Crippen LogP contribution in [0.3, 0.4) is 0 Å². The molecule has 2 fully saturated rings. The van der Waals surface area contributed by atoms with Crippen LogP contribution in [-0.2, 0) is 0 Å². The highest BCUT2D eigenvalue weighted by Gasteiger charge is 2.30. The van der Waals surface area contributed by atoms with Crippen molar-refractivity contribution >= 4 is 12.4 Å². The standard InChI is InChI=1S/C22H21FN4O.C19H15FN4O.ClH/c1-2-12-27-13-4-7-20(27)22-25-21(26-28-22)19-11-10-17(15-24-19)9-8-16-5-3-6-18(23)14-16;20-15-4-1-3-13(11-15)6-7-14-8-9-16(22-12-14)18-23-19(25-24-18)17-5-2-10-21-17;/h3,5-6,10-11,14-15,20H,2,4,7,12-13H2,1H3;1,3-4,8-9,11-12,17,21H,2,5,10H2;1H. The molecule has 2 aliphatic heterocycles. The number of nitrogens with one attached hydrogen (secondary N) is 1. The zero-order valence-electron chi connectivity index (χ0n) is 29.5. The number of hydrogen-bond donors (Lipinski definition) is 1. The second kappa shape index (κ2) is 18.3. The quantitative estimate of drug-likeness (QED) is 0.170. The van der Waals surface area contributed by atoms with Crippen LogP contribution in [0.1, 0.15) is 85.1 Å². The van der Waals surface area contributed by atoms with E-state index in [9.17, 15) is 8.78 Å². The molecule has 8 rings (SSSR count). The first-order valence-corrected chi connectivity index (χ1v) is 17.6. The van der Waals surface area contributed by atoms with Crippen molar-refractivity contribution < 1.29 is 17.8 Å². The fourth-order valence-corrected chi connectivity index (χ4v) is 6.13. The number of nitrogens with zero attached hydrogens (tertiary/aromatic N) is 7. The number of hydrogen-bond acceptors (Lipinski definition) is 10. The van der Waals surface area contributed by atoms with Gasteiger partial charge in [-0.05, 0) is 112 Å². The fourth-order valence-electron chi connectivity index (χ4n) is 6.13. The van der Waals surface area contributed by atoms with Gasteiger partial charge < -0.3 is 14.4 Å². The summed E-state index contributed by atoms with van der Waals surface area (Å²) in [6.07, 6.45) is 8.73. The summed E-state index contributed by atoms with van der Waals surface area (Å²) in [4.78, 5) is 20.1. The lowest BCUT2D eigenvalue weighted by Gasteiger charge is -2.20. The van der Waals surface area contributed by atoms with E-state index in [4.69, 9.17) is 9.05 Å². The van der Waals surface area contributed by atoms with Gasteiger partial charge in [-0.1, -0.05) is 53.1 Å². The van der Waals surface area contributed by atoms with E-state index >= 15 is 0 Å². The number of rotatable bonds is 6. The molecule has 2 aromatic carbocycles. The molecule has 4 aromatic heterocycles. The Balaban J connectivity index is 0.000000182. The summed E-state index contributed by atoms with van der Waals surface area (Å²) in [5.74, 6) is 13.4. The number of aromatic nitrogens is 6. The molecular weight excluding hydrogens is 710 g/mol. The van der Waals surface area contributed by atoms with Crippen LogP contribution < -0.4 is 5.32 Å². The van der Waals surface area contributed by atoms with Crippen molar-refractivity contribution in [2.75, 3.05) is 19.6 Å². The van der Waals surface area contributed by atoms with Crippen molar-refractivity contribution in [3.05, 3.63) is 131 Å². The second-order valence-electron chi connectivity index (χ2n) is 12.6. The third kappa shape index (κ3) is 9.79.